The largest absolute Gasteiger partial charge is 0.326 e. The molecule has 3 N–H and O–H groups in total. The number of carbonyl (C=O) groups excluding carboxylic acids is 2. The normalized spacial score (nSPS) is 17.4. The fraction of sp³-hybridized carbons (Fsp3) is 0.353. The minimum absolute atomic E-state index is 0.0380. The standard InChI is InChI=1S/C17H21N5O2/c1-12(23)20-14-5-4-6-15(9-14)21-17(24)22-8-3-2-7-16(22)13-10-18-19-11-13/h4-6,9-11,16H,2-3,7-8H2,1H3,(H,18,19)(H,20,23)(H,21,24)/t16-/m1/s1. The summed E-state index contributed by atoms with van der Waals surface area (Å²) in [6.45, 7) is 2.17. The molecule has 3 rings (SSSR count). The Hall–Kier alpha value is -2.83. The minimum atomic E-state index is -0.144. The van der Waals surface area contributed by atoms with E-state index in [1.165, 1.54) is 6.92 Å². The van der Waals surface area contributed by atoms with Gasteiger partial charge in [-0.2, -0.15) is 5.10 Å². The van der Waals surface area contributed by atoms with E-state index in [2.05, 4.69) is 20.8 Å². The van der Waals surface area contributed by atoms with Gasteiger partial charge in [-0.15, -0.1) is 0 Å². The number of piperidine rings is 1. The van der Waals surface area contributed by atoms with Crippen LogP contribution in [0.2, 0.25) is 0 Å². The zero-order chi connectivity index (χ0) is 16.9. The van der Waals surface area contributed by atoms with Gasteiger partial charge in [0.05, 0.1) is 12.2 Å². The topological polar surface area (TPSA) is 90.1 Å². The zero-order valence-electron chi connectivity index (χ0n) is 13.6. The molecule has 0 unspecified atom stereocenters. The van der Waals surface area contributed by atoms with Crippen molar-refractivity contribution >= 4 is 23.3 Å². The van der Waals surface area contributed by atoms with E-state index in [1.54, 1.807) is 30.5 Å². The van der Waals surface area contributed by atoms with Crippen LogP contribution in [0.3, 0.4) is 0 Å². The van der Waals surface area contributed by atoms with Gasteiger partial charge in [-0.1, -0.05) is 6.07 Å². The van der Waals surface area contributed by atoms with E-state index in [-0.39, 0.29) is 18.0 Å². The number of likely N-dealkylation sites (tertiary alicyclic amines) is 1. The van der Waals surface area contributed by atoms with Gasteiger partial charge in [-0.25, -0.2) is 4.79 Å². The zero-order valence-corrected chi connectivity index (χ0v) is 13.6. The summed E-state index contributed by atoms with van der Waals surface area (Å²) < 4.78 is 0. The number of aromatic amines is 1. The highest BCUT2D eigenvalue weighted by molar-refractivity contribution is 5.92. The van der Waals surface area contributed by atoms with Crippen LogP contribution >= 0.6 is 0 Å². The number of rotatable bonds is 3. The van der Waals surface area contributed by atoms with E-state index in [9.17, 15) is 9.59 Å². The Morgan fingerprint density at radius 2 is 2.04 bits per heavy atom. The highest BCUT2D eigenvalue weighted by Crippen LogP contribution is 2.31. The molecular formula is C17H21N5O2. The van der Waals surface area contributed by atoms with Crippen LogP contribution < -0.4 is 10.6 Å². The molecule has 1 saturated heterocycles. The SMILES string of the molecule is CC(=O)Nc1cccc(NC(=O)N2CCCC[C@@H]2c2cn[nH]c2)c1. The van der Waals surface area contributed by atoms with Crippen molar-refractivity contribution in [1.82, 2.24) is 15.1 Å². The maximum Gasteiger partial charge on any atom is 0.322 e. The smallest absolute Gasteiger partial charge is 0.322 e. The monoisotopic (exact) mass is 327 g/mol. The number of hydrogen-bond acceptors (Lipinski definition) is 3. The first kappa shape index (κ1) is 16.0. The van der Waals surface area contributed by atoms with Crippen LogP contribution in [0, 0.1) is 0 Å². The second kappa shape index (κ2) is 7.16. The van der Waals surface area contributed by atoms with E-state index in [4.69, 9.17) is 0 Å². The summed E-state index contributed by atoms with van der Waals surface area (Å²) >= 11 is 0. The maximum atomic E-state index is 12.7. The number of hydrogen-bond donors (Lipinski definition) is 3. The summed E-state index contributed by atoms with van der Waals surface area (Å²) in [4.78, 5) is 25.7. The number of nitrogens with one attached hydrogen (secondary N) is 3. The van der Waals surface area contributed by atoms with Crippen molar-refractivity contribution in [2.75, 3.05) is 17.2 Å². The molecule has 126 valence electrons. The van der Waals surface area contributed by atoms with Gasteiger partial charge in [0.25, 0.3) is 0 Å². The molecule has 2 heterocycles. The number of nitrogens with zero attached hydrogens (tertiary/aromatic N) is 2. The number of aromatic nitrogens is 2. The number of amides is 3. The molecule has 0 saturated carbocycles. The van der Waals surface area contributed by atoms with E-state index in [1.807, 2.05) is 11.1 Å². The van der Waals surface area contributed by atoms with Gasteiger partial charge in [-0.3, -0.25) is 9.89 Å². The van der Waals surface area contributed by atoms with Crippen molar-refractivity contribution in [1.29, 1.82) is 0 Å². The highest BCUT2D eigenvalue weighted by atomic mass is 16.2. The molecule has 1 atom stereocenters. The molecule has 7 nitrogen and oxygen atoms in total. The summed E-state index contributed by atoms with van der Waals surface area (Å²) in [6, 6.07) is 7.03. The van der Waals surface area contributed by atoms with Crippen LogP contribution in [-0.2, 0) is 4.79 Å². The molecule has 3 amide bonds. The molecule has 2 aromatic rings. The fourth-order valence-electron chi connectivity index (χ4n) is 3.04. The first-order valence-electron chi connectivity index (χ1n) is 8.07. The first-order valence-corrected chi connectivity index (χ1v) is 8.07. The molecule has 1 aliphatic rings. The van der Waals surface area contributed by atoms with Crippen LogP contribution in [0.25, 0.3) is 0 Å². The molecule has 0 spiro atoms. The molecule has 1 aromatic carbocycles. The number of carbonyl (C=O) groups is 2. The Morgan fingerprint density at radius 3 is 2.75 bits per heavy atom. The Morgan fingerprint density at radius 1 is 1.25 bits per heavy atom. The average Bonchev–Trinajstić information content (AvgIpc) is 3.09. The van der Waals surface area contributed by atoms with Gasteiger partial charge < -0.3 is 15.5 Å². The van der Waals surface area contributed by atoms with Crippen LogP contribution in [0.4, 0.5) is 16.2 Å². The third-order valence-corrected chi connectivity index (χ3v) is 4.10. The summed E-state index contributed by atoms with van der Waals surface area (Å²) in [7, 11) is 0. The second-order valence-corrected chi connectivity index (χ2v) is 5.93. The molecule has 24 heavy (non-hydrogen) atoms. The van der Waals surface area contributed by atoms with Crippen molar-refractivity contribution in [3.8, 4) is 0 Å². The van der Waals surface area contributed by atoms with E-state index < -0.39 is 0 Å². The summed E-state index contributed by atoms with van der Waals surface area (Å²) in [5.41, 5.74) is 2.34. The van der Waals surface area contributed by atoms with E-state index in [0.29, 0.717) is 17.9 Å². The van der Waals surface area contributed by atoms with E-state index >= 15 is 0 Å². The Bertz CT molecular complexity index is 714. The van der Waals surface area contributed by atoms with Gasteiger partial charge in [0.15, 0.2) is 0 Å². The van der Waals surface area contributed by atoms with Gasteiger partial charge in [0.2, 0.25) is 5.91 Å². The van der Waals surface area contributed by atoms with Gasteiger partial charge in [0.1, 0.15) is 0 Å². The van der Waals surface area contributed by atoms with E-state index in [0.717, 1.165) is 24.8 Å². The van der Waals surface area contributed by atoms with Crippen molar-refractivity contribution in [3.63, 3.8) is 0 Å². The number of H-pyrrole nitrogens is 1. The summed E-state index contributed by atoms with van der Waals surface area (Å²) in [5.74, 6) is -0.144. The summed E-state index contributed by atoms with van der Waals surface area (Å²) in [6.07, 6.45) is 6.63. The van der Waals surface area contributed by atoms with Crippen LogP contribution in [0.1, 0.15) is 37.8 Å². The van der Waals surface area contributed by atoms with Crippen molar-refractivity contribution in [2.24, 2.45) is 0 Å². The lowest BCUT2D eigenvalue weighted by Gasteiger charge is -2.35. The maximum absolute atomic E-state index is 12.7. The molecule has 1 aromatic heterocycles. The number of anilines is 2. The van der Waals surface area contributed by atoms with Gasteiger partial charge >= 0.3 is 6.03 Å². The van der Waals surface area contributed by atoms with Gasteiger partial charge in [0, 0.05) is 36.6 Å². The van der Waals surface area contributed by atoms with Crippen LogP contribution in [0.5, 0.6) is 0 Å². The van der Waals surface area contributed by atoms with Crippen LogP contribution in [-0.4, -0.2) is 33.6 Å². The Kier molecular flexibility index (Phi) is 4.79. The lowest BCUT2D eigenvalue weighted by Crippen LogP contribution is -2.41. The molecule has 1 fully saturated rings. The Labute approximate surface area is 140 Å². The Balaban J connectivity index is 1.72. The van der Waals surface area contributed by atoms with Crippen molar-refractivity contribution < 1.29 is 9.59 Å². The molecule has 7 heteroatoms. The molecule has 0 aliphatic carbocycles. The molecule has 0 radical (unpaired) electrons. The third kappa shape index (κ3) is 3.73. The molecule has 1 aliphatic heterocycles. The second-order valence-electron chi connectivity index (χ2n) is 5.93. The predicted molar refractivity (Wildman–Crippen MR) is 91.7 cm³/mol. The highest BCUT2D eigenvalue weighted by Gasteiger charge is 2.28. The fourth-order valence-corrected chi connectivity index (χ4v) is 3.04. The first-order chi connectivity index (χ1) is 11.6. The predicted octanol–water partition coefficient (Wildman–Crippen LogP) is 3.13. The minimum Gasteiger partial charge on any atom is -0.326 e. The molecular weight excluding hydrogens is 306 g/mol. The third-order valence-electron chi connectivity index (χ3n) is 4.10. The quantitative estimate of drug-likeness (QED) is 0.809. The summed E-state index contributed by atoms with van der Waals surface area (Å²) in [5, 5.41) is 12.4. The van der Waals surface area contributed by atoms with Crippen molar-refractivity contribution in [3.05, 3.63) is 42.2 Å². The van der Waals surface area contributed by atoms with Gasteiger partial charge in [-0.05, 0) is 37.5 Å². The molecule has 0 bridgehead atoms. The van der Waals surface area contributed by atoms with Crippen molar-refractivity contribution in [2.45, 2.75) is 32.2 Å². The lowest BCUT2D eigenvalue weighted by atomic mass is 9.98. The average molecular weight is 327 g/mol. The van der Waals surface area contributed by atoms with Crippen LogP contribution in [0.15, 0.2) is 36.7 Å². The lowest BCUT2D eigenvalue weighted by molar-refractivity contribution is -0.114. The number of urea groups is 1. The number of benzene rings is 1.